The lowest BCUT2D eigenvalue weighted by Crippen LogP contribution is -2.19. The second-order valence-electron chi connectivity index (χ2n) is 11.1. The Bertz CT molecular complexity index is 644. The number of aromatic amines is 1. The molecule has 2 unspecified atom stereocenters. The van der Waals surface area contributed by atoms with E-state index in [1.807, 2.05) is 0 Å². The Labute approximate surface area is 228 Å². The summed E-state index contributed by atoms with van der Waals surface area (Å²) in [6.45, 7) is 4.68. The molecule has 0 bridgehead atoms. The van der Waals surface area contributed by atoms with Gasteiger partial charge in [0.1, 0.15) is 0 Å². The number of H-pyrrole nitrogens is 1. The van der Waals surface area contributed by atoms with E-state index in [1.54, 1.807) is 12.3 Å². The summed E-state index contributed by atoms with van der Waals surface area (Å²) in [6.07, 6.45) is 27.2. The van der Waals surface area contributed by atoms with Crippen molar-refractivity contribution in [2.75, 3.05) is 13.2 Å². The van der Waals surface area contributed by atoms with Gasteiger partial charge in [0.2, 0.25) is 0 Å². The van der Waals surface area contributed by atoms with Crippen molar-refractivity contribution in [2.45, 2.75) is 155 Å². The Morgan fingerprint density at radius 1 is 0.784 bits per heavy atom. The molecule has 0 aliphatic heterocycles. The van der Waals surface area contributed by atoms with E-state index in [2.05, 4.69) is 18.8 Å². The van der Waals surface area contributed by atoms with E-state index >= 15 is 0 Å². The normalized spacial score (nSPS) is 13.1. The number of aromatic nitrogens is 1. The fourth-order valence-electron chi connectivity index (χ4n) is 5.13. The smallest absolute Gasteiger partial charge is 0.339 e. The van der Waals surface area contributed by atoms with Gasteiger partial charge in [-0.3, -0.25) is 0 Å². The van der Waals surface area contributed by atoms with Crippen molar-refractivity contribution in [3.8, 4) is 0 Å². The van der Waals surface area contributed by atoms with Gasteiger partial charge in [0.05, 0.1) is 24.9 Å². The highest BCUT2D eigenvalue weighted by molar-refractivity contribution is 5.90. The average Bonchev–Trinajstić information content (AvgIpc) is 3.37. The first-order valence-electron chi connectivity index (χ1n) is 15.7. The molecule has 1 heterocycles. The van der Waals surface area contributed by atoms with Crippen molar-refractivity contribution in [2.24, 2.45) is 5.92 Å². The third-order valence-corrected chi connectivity index (χ3v) is 7.59. The zero-order valence-electron chi connectivity index (χ0n) is 24.3. The molecule has 0 aliphatic carbocycles. The van der Waals surface area contributed by atoms with Gasteiger partial charge in [-0.15, -0.1) is 0 Å². The van der Waals surface area contributed by atoms with Crippen LogP contribution >= 0.6 is 0 Å². The van der Waals surface area contributed by atoms with Gasteiger partial charge in [0.25, 0.3) is 0 Å². The van der Waals surface area contributed by atoms with Gasteiger partial charge < -0.3 is 19.9 Å². The Morgan fingerprint density at radius 3 is 1.70 bits per heavy atom. The molecule has 0 aliphatic rings. The number of rotatable bonds is 26. The molecule has 1 rings (SSSR count). The van der Waals surface area contributed by atoms with Gasteiger partial charge in [0.15, 0.2) is 0 Å². The molecule has 5 nitrogen and oxygen atoms in total. The van der Waals surface area contributed by atoms with Crippen molar-refractivity contribution < 1.29 is 19.7 Å². The number of carbonyl (C=O) groups is 1. The van der Waals surface area contributed by atoms with Crippen molar-refractivity contribution in [3.05, 3.63) is 23.5 Å². The standard InChI is InChI=1S/C32H59NO4/c1-3-5-7-9-11-13-14-16-18-20-22-28(21-19-17-15-12-10-8-6-4-2)27-37-32(36)30-23-24-33-31(30)25-29(35)26-34/h23-24,28-29,33-35H,3-22,25-27H2,1-2H3. The lowest BCUT2D eigenvalue weighted by Gasteiger charge is -2.17. The summed E-state index contributed by atoms with van der Waals surface area (Å²) < 4.78 is 5.77. The molecule has 0 radical (unpaired) electrons. The molecular weight excluding hydrogens is 462 g/mol. The van der Waals surface area contributed by atoms with Crippen LogP contribution in [-0.4, -0.2) is 40.5 Å². The first-order valence-corrected chi connectivity index (χ1v) is 15.7. The van der Waals surface area contributed by atoms with Gasteiger partial charge in [-0.25, -0.2) is 4.79 Å². The maximum Gasteiger partial charge on any atom is 0.339 e. The number of hydrogen-bond acceptors (Lipinski definition) is 4. The summed E-state index contributed by atoms with van der Waals surface area (Å²) >= 11 is 0. The quantitative estimate of drug-likeness (QED) is 0.0842. The van der Waals surface area contributed by atoms with Crippen LogP contribution in [0.1, 0.15) is 158 Å². The minimum absolute atomic E-state index is 0.216. The van der Waals surface area contributed by atoms with Crippen molar-refractivity contribution in [1.29, 1.82) is 0 Å². The highest BCUT2D eigenvalue weighted by Crippen LogP contribution is 2.21. The Kier molecular flexibility index (Phi) is 21.6. The summed E-state index contributed by atoms with van der Waals surface area (Å²) in [5.41, 5.74) is 1.10. The number of aliphatic hydroxyl groups excluding tert-OH is 2. The third kappa shape index (κ3) is 17.7. The van der Waals surface area contributed by atoms with E-state index in [1.165, 1.54) is 116 Å². The minimum Gasteiger partial charge on any atom is -0.462 e. The van der Waals surface area contributed by atoms with Crippen molar-refractivity contribution in [1.82, 2.24) is 4.98 Å². The van der Waals surface area contributed by atoms with Crippen LogP contribution in [0.15, 0.2) is 12.3 Å². The number of unbranched alkanes of at least 4 members (excludes halogenated alkanes) is 16. The van der Waals surface area contributed by atoms with E-state index in [0.29, 0.717) is 23.8 Å². The molecule has 1 aromatic heterocycles. The molecule has 1 aromatic rings. The number of carbonyl (C=O) groups excluding carboxylic acids is 1. The van der Waals surface area contributed by atoms with Crippen molar-refractivity contribution in [3.63, 3.8) is 0 Å². The first kappa shape index (κ1) is 33.7. The van der Waals surface area contributed by atoms with Crippen LogP contribution < -0.4 is 0 Å². The second kappa shape index (κ2) is 23.8. The molecular formula is C32H59NO4. The summed E-state index contributed by atoms with van der Waals surface area (Å²) in [4.78, 5) is 15.8. The topological polar surface area (TPSA) is 82.6 Å². The summed E-state index contributed by atoms with van der Waals surface area (Å²) in [7, 11) is 0. The summed E-state index contributed by atoms with van der Waals surface area (Å²) in [5, 5.41) is 18.9. The maximum absolute atomic E-state index is 12.8. The van der Waals surface area contributed by atoms with E-state index in [0.717, 1.165) is 12.8 Å². The first-order chi connectivity index (χ1) is 18.1. The number of nitrogens with one attached hydrogen (secondary N) is 1. The minimum atomic E-state index is -0.878. The van der Waals surface area contributed by atoms with Crippen LogP contribution in [0.25, 0.3) is 0 Å². The number of aliphatic hydroxyl groups is 2. The number of esters is 1. The molecule has 3 N–H and O–H groups in total. The fraction of sp³-hybridized carbons (Fsp3) is 0.844. The largest absolute Gasteiger partial charge is 0.462 e. The van der Waals surface area contributed by atoms with Gasteiger partial charge in [-0.05, 0) is 24.8 Å². The molecule has 216 valence electrons. The van der Waals surface area contributed by atoms with E-state index < -0.39 is 6.10 Å². The van der Waals surface area contributed by atoms with E-state index in [4.69, 9.17) is 9.84 Å². The predicted octanol–water partition coefficient (Wildman–Crippen LogP) is 8.53. The Balaban J connectivity index is 2.38. The van der Waals surface area contributed by atoms with E-state index in [-0.39, 0.29) is 19.0 Å². The molecule has 0 aromatic carbocycles. The zero-order valence-corrected chi connectivity index (χ0v) is 24.3. The second-order valence-corrected chi connectivity index (χ2v) is 11.1. The fourth-order valence-corrected chi connectivity index (χ4v) is 5.13. The zero-order chi connectivity index (χ0) is 27.0. The molecule has 0 saturated heterocycles. The van der Waals surface area contributed by atoms with Gasteiger partial charge in [0, 0.05) is 18.3 Å². The van der Waals surface area contributed by atoms with Crippen LogP contribution in [0.2, 0.25) is 0 Å². The lowest BCUT2D eigenvalue weighted by atomic mass is 9.94. The molecule has 5 heteroatoms. The van der Waals surface area contributed by atoms with E-state index in [9.17, 15) is 9.90 Å². The monoisotopic (exact) mass is 521 g/mol. The summed E-state index contributed by atoms with van der Waals surface area (Å²) in [5.74, 6) is 0.0916. The highest BCUT2D eigenvalue weighted by atomic mass is 16.5. The molecule has 0 spiro atoms. The van der Waals surface area contributed by atoms with Gasteiger partial charge >= 0.3 is 5.97 Å². The van der Waals surface area contributed by atoms with Crippen LogP contribution in [-0.2, 0) is 11.2 Å². The Morgan fingerprint density at radius 2 is 1.24 bits per heavy atom. The molecule has 0 amide bonds. The maximum atomic E-state index is 12.8. The SMILES string of the molecule is CCCCCCCCCCCCC(CCCCCCCCCC)COC(=O)c1cc[nH]c1CC(O)CO. The predicted molar refractivity (Wildman–Crippen MR) is 155 cm³/mol. The van der Waals surface area contributed by atoms with Gasteiger partial charge in [-0.1, -0.05) is 129 Å². The molecule has 2 atom stereocenters. The number of hydrogen-bond donors (Lipinski definition) is 3. The molecule has 37 heavy (non-hydrogen) atoms. The summed E-state index contributed by atoms with van der Waals surface area (Å²) in [6, 6.07) is 1.71. The Hall–Kier alpha value is -1.33. The van der Waals surface area contributed by atoms with Gasteiger partial charge in [-0.2, -0.15) is 0 Å². The highest BCUT2D eigenvalue weighted by Gasteiger charge is 2.18. The van der Waals surface area contributed by atoms with Crippen LogP contribution in [0.5, 0.6) is 0 Å². The number of ether oxygens (including phenoxy) is 1. The lowest BCUT2D eigenvalue weighted by molar-refractivity contribution is 0.0418. The van der Waals surface area contributed by atoms with Crippen LogP contribution in [0.3, 0.4) is 0 Å². The molecule has 0 saturated carbocycles. The van der Waals surface area contributed by atoms with Crippen molar-refractivity contribution >= 4 is 5.97 Å². The third-order valence-electron chi connectivity index (χ3n) is 7.59. The average molecular weight is 522 g/mol. The molecule has 0 fully saturated rings. The van der Waals surface area contributed by atoms with Crippen LogP contribution in [0.4, 0.5) is 0 Å². The van der Waals surface area contributed by atoms with Crippen LogP contribution in [0, 0.1) is 5.92 Å².